The summed E-state index contributed by atoms with van der Waals surface area (Å²) < 4.78 is 0. The summed E-state index contributed by atoms with van der Waals surface area (Å²) in [7, 11) is 0. The fourth-order valence-corrected chi connectivity index (χ4v) is 3.83. The number of fused-ring (bicyclic) bond motifs is 1. The second-order valence-corrected chi connectivity index (χ2v) is 6.62. The van der Waals surface area contributed by atoms with E-state index in [1.54, 1.807) is 0 Å². The van der Waals surface area contributed by atoms with Crippen molar-refractivity contribution in [1.29, 1.82) is 0 Å². The summed E-state index contributed by atoms with van der Waals surface area (Å²) in [5.74, 6) is 0. The van der Waals surface area contributed by atoms with Crippen LogP contribution in [0.3, 0.4) is 0 Å². The van der Waals surface area contributed by atoms with Crippen LogP contribution in [0.1, 0.15) is 31.7 Å². The standard InChI is InChI=1S/C17H26ClN3/c1-2-19-12-14-11-15(18)6-7-17(14)21-10-9-20-8-4-3-5-16(20)13-21/h6-7,11,16,19H,2-5,8-10,12-13H2,1H3. The minimum atomic E-state index is 0.746. The molecule has 116 valence electrons. The van der Waals surface area contributed by atoms with Gasteiger partial charge in [0.1, 0.15) is 0 Å². The molecule has 3 nitrogen and oxygen atoms in total. The van der Waals surface area contributed by atoms with Crippen LogP contribution in [0.4, 0.5) is 5.69 Å². The first-order valence-corrected chi connectivity index (χ1v) is 8.64. The molecule has 1 aromatic rings. The van der Waals surface area contributed by atoms with Crippen molar-refractivity contribution in [2.24, 2.45) is 0 Å². The van der Waals surface area contributed by atoms with Crippen molar-refractivity contribution in [3.05, 3.63) is 28.8 Å². The van der Waals surface area contributed by atoms with Gasteiger partial charge in [-0.1, -0.05) is 24.9 Å². The number of benzene rings is 1. The van der Waals surface area contributed by atoms with Crippen LogP contribution in [0.25, 0.3) is 0 Å². The molecule has 0 saturated carbocycles. The maximum atomic E-state index is 6.19. The summed E-state index contributed by atoms with van der Waals surface area (Å²) in [5.41, 5.74) is 2.69. The van der Waals surface area contributed by atoms with Gasteiger partial charge in [0, 0.05) is 42.9 Å². The highest BCUT2D eigenvalue weighted by Crippen LogP contribution is 2.29. The lowest BCUT2D eigenvalue weighted by atomic mass is 9.98. The van der Waals surface area contributed by atoms with Crippen LogP contribution >= 0.6 is 11.6 Å². The van der Waals surface area contributed by atoms with E-state index >= 15 is 0 Å². The Morgan fingerprint density at radius 3 is 3.00 bits per heavy atom. The summed E-state index contributed by atoms with van der Waals surface area (Å²) in [5, 5.41) is 4.27. The number of rotatable bonds is 4. The SMILES string of the molecule is CCNCc1cc(Cl)ccc1N1CCN2CCCCC2C1. The Morgan fingerprint density at radius 2 is 2.14 bits per heavy atom. The third-order valence-corrected chi connectivity index (χ3v) is 5.02. The average molecular weight is 308 g/mol. The molecule has 0 spiro atoms. The second-order valence-electron chi connectivity index (χ2n) is 6.18. The minimum Gasteiger partial charge on any atom is -0.368 e. The van der Waals surface area contributed by atoms with Gasteiger partial charge < -0.3 is 10.2 Å². The zero-order valence-corrected chi connectivity index (χ0v) is 13.7. The van der Waals surface area contributed by atoms with E-state index in [4.69, 9.17) is 11.6 Å². The summed E-state index contributed by atoms with van der Waals surface area (Å²) in [4.78, 5) is 5.25. The van der Waals surface area contributed by atoms with Gasteiger partial charge >= 0.3 is 0 Å². The molecule has 0 amide bonds. The summed E-state index contributed by atoms with van der Waals surface area (Å²) in [6.07, 6.45) is 4.12. The molecule has 4 heteroatoms. The first-order chi connectivity index (χ1) is 10.3. The Kier molecular flexibility index (Phi) is 5.04. The molecule has 2 aliphatic rings. The molecule has 1 atom stereocenters. The van der Waals surface area contributed by atoms with Crippen LogP contribution in [-0.4, -0.2) is 43.7 Å². The summed E-state index contributed by atoms with van der Waals surface area (Å²) in [6, 6.07) is 7.09. The first kappa shape index (κ1) is 15.1. The summed E-state index contributed by atoms with van der Waals surface area (Å²) >= 11 is 6.19. The molecule has 1 aromatic carbocycles. The van der Waals surface area contributed by atoms with Gasteiger partial charge in [0.25, 0.3) is 0 Å². The monoisotopic (exact) mass is 307 g/mol. The molecule has 2 heterocycles. The van der Waals surface area contributed by atoms with Crippen LogP contribution in [0.5, 0.6) is 0 Å². The molecule has 3 rings (SSSR count). The van der Waals surface area contributed by atoms with E-state index in [1.807, 2.05) is 6.07 Å². The Morgan fingerprint density at radius 1 is 1.24 bits per heavy atom. The van der Waals surface area contributed by atoms with Gasteiger partial charge in [-0.2, -0.15) is 0 Å². The maximum absolute atomic E-state index is 6.19. The molecule has 1 unspecified atom stereocenters. The van der Waals surface area contributed by atoms with E-state index in [1.165, 1.54) is 50.1 Å². The van der Waals surface area contributed by atoms with E-state index in [9.17, 15) is 0 Å². The molecular weight excluding hydrogens is 282 g/mol. The van der Waals surface area contributed by atoms with E-state index < -0.39 is 0 Å². The van der Waals surface area contributed by atoms with Gasteiger partial charge in [-0.15, -0.1) is 0 Å². The van der Waals surface area contributed by atoms with Crippen LogP contribution in [-0.2, 0) is 6.54 Å². The fourth-order valence-electron chi connectivity index (χ4n) is 3.64. The first-order valence-electron chi connectivity index (χ1n) is 8.26. The highest BCUT2D eigenvalue weighted by Gasteiger charge is 2.29. The van der Waals surface area contributed by atoms with Gasteiger partial charge in [-0.25, -0.2) is 0 Å². The van der Waals surface area contributed by atoms with Gasteiger partial charge in [0.15, 0.2) is 0 Å². The van der Waals surface area contributed by atoms with E-state index in [-0.39, 0.29) is 0 Å². The predicted octanol–water partition coefficient (Wildman–Crippen LogP) is 3.12. The molecule has 0 aliphatic carbocycles. The second kappa shape index (κ2) is 6.99. The smallest absolute Gasteiger partial charge is 0.0413 e. The molecule has 0 aromatic heterocycles. The lowest BCUT2D eigenvalue weighted by Gasteiger charge is -2.45. The van der Waals surface area contributed by atoms with Gasteiger partial charge in [-0.3, -0.25) is 4.90 Å². The van der Waals surface area contributed by atoms with Crippen LogP contribution < -0.4 is 10.2 Å². The van der Waals surface area contributed by atoms with Crippen LogP contribution in [0.2, 0.25) is 5.02 Å². The van der Waals surface area contributed by atoms with E-state index in [0.29, 0.717) is 0 Å². The molecule has 0 radical (unpaired) electrons. The minimum absolute atomic E-state index is 0.746. The zero-order chi connectivity index (χ0) is 14.7. The van der Waals surface area contributed by atoms with Crippen molar-refractivity contribution >= 4 is 17.3 Å². The number of nitrogens with one attached hydrogen (secondary N) is 1. The summed E-state index contributed by atoms with van der Waals surface area (Å²) in [6.45, 7) is 8.83. The van der Waals surface area contributed by atoms with Crippen molar-refractivity contribution in [3.63, 3.8) is 0 Å². The zero-order valence-electron chi connectivity index (χ0n) is 12.9. The van der Waals surface area contributed by atoms with Crippen molar-refractivity contribution in [3.8, 4) is 0 Å². The van der Waals surface area contributed by atoms with Gasteiger partial charge in [-0.05, 0) is 49.7 Å². The van der Waals surface area contributed by atoms with E-state index in [0.717, 1.165) is 30.7 Å². The molecular formula is C17H26ClN3. The largest absolute Gasteiger partial charge is 0.368 e. The molecule has 2 saturated heterocycles. The Balaban J connectivity index is 1.76. The van der Waals surface area contributed by atoms with Gasteiger partial charge in [0.2, 0.25) is 0 Å². The highest BCUT2D eigenvalue weighted by molar-refractivity contribution is 6.30. The maximum Gasteiger partial charge on any atom is 0.0413 e. The Hall–Kier alpha value is -0.770. The van der Waals surface area contributed by atoms with Gasteiger partial charge in [0.05, 0.1) is 0 Å². The molecule has 2 aliphatic heterocycles. The fraction of sp³-hybridized carbons (Fsp3) is 0.647. The van der Waals surface area contributed by atoms with Crippen molar-refractivity contribution in [2.45, 2.75) is 38.8 Å². The quantitative estimate of drug-likeness (QED) is 0.922. The normalized spacial score (nSPS) is 23.1. The van der Waals surface area contributed by atoms with Crippen molar-refractivity contribution in [1.82, 2.24) is 10.2 Å². The number of halogens is 1. The molecule has 0 bridgehead atoms. The number of hydrogen-bond donors (Lipinski definition) is 1. The van der Waals surface area contributed by atoms with Crippen LogP contribution in [0.15, 0.2) is 18.2 Å². The average Bonchev–Trinajstić information content (AvgIpc) is 2.52. The highest BCUT2D eigenvalue weighted by atomic mass is 35.5. The number of anilines is 1. The Bertz CT molecular complexity index is 477. The van der Waals surface area contributed by atoms with Crippen molar-refractivity contribution in [2.75, 3.05) is 37.6 Å². The third-order valence-electron chi connectivity index (χ3n) is 4.79. The third kappa shape index (κ3) is 3.53. The lowest BCUT2D eigenvalue weighted by Crippen LogP contribution is -2.55. The molecule has 2 fully saturated rings. The Labute approximate surface area is 133 Å². The number of piperidine rings is 1. The molecule has 1 N–H and O–H groups in total. The number of nitrogens with zero attached hydrogens (tertiary/aromatic N) is 2. The number of hydrogen-bond acceptors (Lipinski definition) is 3. The predicted molar refractivity (Wildman–Crippen MR) is 90.3 cm³/mol. The lowest BCUT2D eigenvalue weighted by molar-refractivity contribution is 0.133. The molecule has 21 heavy (non-hydrogen) atoms. The van der Waals surface area contributed by atoms with E-state index in [2.05, 4.69) is 34.2 Å². The van der Waals surface area contributed by atoms with Crippen LogP contribution in [0, 0.1) is 0 Å². The number of piperazine rings is 1. The topological polar surface area (TPSA) is 18.5 Å². The van der Waals surface area contributed by atoms with Crippen molar-refractivity contribution < 1.29 is 0 Å².